The molecule has 0 amide bonds. The van der Waals surface area contributed by atoms with E-state index in [1.54, 1.807) is 12.5 Å². The highest BCUT2D eigenvalue weighted by Gasteiger charge is 2.43. The van der Waals surface area contributed by atoms with Gasteiger partial charge in [-0.05, 0) is 44.4 Å². The van der Waals surface area contributed by atoms with E-state index < -0.39 is 11.5 Å². The second-order valence-electron chi connectivity index (χ2n) is 6.36. The number of aryl methyl sites for hydroxylation is 1. The highest BCUT2D eigenvalue weighted by molar-refractivity contribution is 5.16. The summed E-state index contributed by atoms with van der Waals surface area (Å²) in [7, 11) is 0. The molecule has 2 rings (SSSR count). The molecule has 0 aliphatic heterocycles. The van der Waals surface area contributed by atoms with Crippen LogP contribution >= 0.6 is 0 Å². The van der Waals surface area contributed by atoms with E-state index in [0.717, 1.165) is 37.9 Å². The van der Waals surface area contributed by atoms with Crippen LogP contribution in [0.25, 0.3) is 0 Å². The molecule has 20 heavy (non-hydrogen) atoms. The molecule has 0 spiro atoms. The SMILES string of the molecule is CCn1cncc1C(O)C1(C#N)CCC(C(C)C)CC1. The van der Waals surface area contributed by atoms with Crippen molar-refractivity contribution in [2.45, 2.75) is 59.1 Å². The van der Waals surface area contributed by atoms with E-state index in [2.05, 4.69) is 24.9 Å². The molecule has 4 nitrogen and oxygen atoms in total. The molecule has 110 valence electrons. The van der Waals surface area contributed by atoms with Crippen LogP contribution in [-0.2, 0) is 6.54 Å². The summed E-state index contributed by atoms with van der Waals surface area (Å²) in [6.07, 6.45) is 6.31. The second-order valence-corrected chi connectivity index (χ2v) is 6.36. The van der Waals surface area contributed by atoms with Crippen molar-refractivity contribution in [1.82, 2.24) is 9.55 Å². The first kappa shape index (κ1) is 15.1. The van der Waals surface area contributed by atoms with Gasteiger partial charge in [0.05, 0.1) is 29.7 Å². The molecule has 1 atom stereocenters. The summed E-state index contributed by atoms with van der Waals surface area (Å²) in [6.45, 7) is 7.27. The lowest BCUT2D eigenvalue weighted by Crippen LogP contribution is -2.34. The largest absolute Gasteiger partial charge is 0.385 e. The number of nitriles is 1. The molecule has 1 aliphatic rings. The first-order chi connectivity index (χ1) is 9.54. The standard InChI is InChI=1S/C16H25N3O/c1-4-19-11-18-9-14(19)15(20)16(10-17)7-5-13(6-8-16)12(2)3/h9,11-13,15,20H,4-8H2,1-3H3. The lowest BCUT2D eigenvalue weighted by Gasteiger charge is -2.39. The van der Waals surface area contributed by atoms with E-state index in [1.165, 1.54) is 0 Å². The Hall–Kier alpha value is -1.34. The Bertz CT molecular complexity index is 478. The van der Waals surface area contributed by atoms with Crippen LogP contribution in [0.3, 0.4) is 0 Å². The summed E-state index contributed by atoms with van der Waals surface area (Å²) < 4.78 is 1.93. The maximum absolute atomic E-state index is 10.7. The topological polar surface area (TPSA) is 61.8 Å². The Kier molecular flexibility index (Phi) is 4.49. The molecule has 1 fully saturated rings. The highest BCUT2D eigenvalue weighted by Crippen LogP contribution is 2.48. The van der Waals surface area contributed by atoms with Gasteiger partial charge in [-0.25, -0.2) is 4.98 Å². The lowest BCUT2D eigenvalue weighted by atomic mass is 9.65. The van der Waals surface area contributed by atoms with Gasteiger partial charge in [-0.15, -0.1) is 0 Å². The number of imidazole rings is 1. The summed E-state index contributed by atoms with van der Waals surface area (Å²) >= 11 is 0. The predicted octanol–water partition coefficient (Wildman–Crippen LogP) is 3.29. The molecule has 0 aromatic carbocycles. The summed E-state index contributed by atoms with van der Waals surface area (Å²) in [5.74, 6) is 1.34. The van der Waals surface area contributed by atoms with Gasteiger partial charge < -0.3 is 9.67 Å². The van der Waals surface area contributed by atoms with Crippen LogP contribution in [0, 0.1) is 28.6 Å². The molecule has 1 heterocycles. The highest BCUT2D eigenvalue weighted by atomic mass is 16.3. The van der Waals surface area contributed by atoms with Gasteiger partial charge >= 0.3 is 0 Å². The van der Waals surface area contributed by atoms with Crippen LogP contribution in [-0.4, -0.2) is 14.7 Å². The van der Waals surface area contributed by atoms with Gasteiger partial charge in [-0.1, -0.05) is 13.8 Å². The van der Waals surface area contributed by atoms with Crippen LogP contribution in [0.1, 0.15) is 58.3 Å². The van der Waals surface area contributed by atoms with E-state index in [-0.39, 0.29) is 0 Å². The molecule has 1 aliphatic carbocycles. The predicted molar refractivity (Wildman–Crippen MR) is 77.7 cm³/mol. The van der Waals surface area contributed by atoms with Crippen LogP contribution in [0.2, 0.25) is 0 Å². The van der Waals surface area contributed by atoms with Crippen LogP contribution in [0.4, 0.5) is 0 Å². The molecule has 1 saturated carbocycles. The first-order valence-electron chi connectivity index (χ1n) is 7.63. The number of rotatable bonds is 4. The Morgan fingerprint density at radius 2 is 2.15 bits per heavy atom. The van der Waals surface area contributed by atoms with Gasteiger partial charge in [0.1, 0.15) is 6.10 Å². The van der Waals surface area contributed by atoms with Crippen molar-refractivity contribution in [2.24, 2.45) is 17.3 Å². The van der Waals surface area contributed by atoms with Crippen LogP contribution in [0.15, 0.2) is 12.5 Å². The smallest absolute Gasteiger partial charge is 0.114 e. The number of aliphatic hydroxyl groups excluding tert-OH is 1. The summed E-state index contributed by atoms with van der Waals surface area (Å²) in [6, 6.07) is 2.43. The first-order valence-corrected chi connectivity index (χ1v) is 7.63. The molecular weight excluding hydrogens is 250 g/mol. The molecule has 1 unspecified atom stereocenters. The maximum atomic E-state index is 10.7. The quantitative estimate of drug-likeness (QED) is 0.917. The molecule has 0 saturated heterocycles. The van der Waals surface area contributed by atoms with E-state index in [4.69, 9.17) is 0 Å². The Morgan fingerprint density at radius 1 is 1.50 bits per heavy atom. The zero-order valence-corrected chi connectivity index (χ0v) is 12.7. The Labute approximate surface area is 121 Å². The van der Waals surface area contributed by atoms with Gasteiger partial charge in [0, 0.05) is 6.54 Å². The molecule has 0 bridgehead atoms. The summed E-state index contributed by atoms with van der Waals surface area (Å²) in [5, 5.41) is 20.4. The van der Waals surface area contributed by atoms with Crippen molar-refractivity contribution >= 4 is 0 Å². The average molecular weight is 275 g/mol. The van der Waals surface area contributed by atoms with Gasteiger partial charge in [-0.3, -0.25) is 0 Å². The van der Waals surface area contributed by atoms with E-state index in [0.29, 0.717) is 11.8 Å². The van der Waals surface area contributed by atoms with Crippen molar-refractivity contribution < 1.29 is 5.11 Å². The minimum Gasteiger partial charge on any atom is -0.385 e. The molecule has 0 radical (unpaired) electrons. The number of hydrogen-bond donors (Lipinski definition) is 1. The molecule has 1 aromatic rings. The lowest BCUT2D eigenvalue weighted by molar-refractivity contribution is 0.0140. The van der Waals surface area contributed by atoms with Crippen LogP contribution < -0.4 is 0 Å². The normalized spacial score (nSPS) is 28.3. The molecule has 1 N–H and O–H groups in total. The fraction of sp³-hybridized carbons (Fsp3) is 0.750. The monoisotopic (exact) mass is 275 g/mol. The third-order valence-corrected chi connectivity index (χ3v) is 4.98. The molecule has 4 heteroatoms. The number of hydrogen-bond acceptors (Lipinski definition) is 3. The molecule has 1 aromatic heterocycles. The second kappa shape index (κ2) is 5.97. The van der Waals surface area contributed by atoms with E-state index in [1.807, 2.05) is 11.5 Å². The van der Waals surface area contributed by atoms with Crippen molar-refractivity contribution in [1.29, 1.82) is 5.26 Å². The van der Waals surface area contributed by atoms with Crippen molar-refractivity contribution in [2.75, 3.05) is 0 Å². The zero-order chi connectivity index (χ0) is 14.8. The van der Waals surface area contributed by atoms with Gasteiger partial charge in [0.2, 0.25) is 0 Å². The van der Waals surface area contributed by atoms with Crippen molar-refractivity contribution in [3.63, 3.8) is 0 Å². The average Bonchev–Trinajstić information content (AvgIpc) is 2.94. The van der Waals surface area contributed by atoms with E-state index >= 15 is 0 Å². The Balaban J connectivity index is 2.19. The van der Waals surface area contributed by atoms with Gasteiger partial charge in [0.15, 0.2) is 0 Å². The van der Waals surface area contributed by atoms with Crippen molar-refractivity contribution in [3.05, 3.63) is 18.2 Å². The number of nitrogens with zero attached hydrogens (tertiary/aromatic N) is 3. The van der Waals surface area contributed by atoms with E-state index in [9.17, 15) is 10.4 Å². The molecular formula is C16H25N3O. The summed E-state index contributed by atoms with van der Waals surface area (Å²) in [4.78, 5) is 4.11. The summed E-state index contributed by atoms with van der Waals surface area (Å²) in [5.41, 5.74) is 0.135. The van der Waals surface area contributed by atoms with Crippen LogP contribution in [0.5, 0.6) is 0 Å². The number of aromatic nitrogens is 2. The van der Waals surface area contributed by atoms with Gasteiger partial charge in [-0.2, -0.15) is 5.26 Å². The third-order valence-electron chi connectivity index (χ3n) is 4.98. The minimum atomic E-state index is -0.733. The Morgan fingerprint density at radius 3 is 2.65 bits per heavy atom. The fourth-order valence-electron chi connectivity index (χ4n) is 3.37. The zero-order valence-electron chi connectivity index (χ0n) is 12.7. The number of aliphatic hydroxyl groups is 1. The van der Waals surface area contributed by atoms with Crippen molar-refractivity contribution in [3.8, 4) is 6.07 Å². The van der Waals surface area contributed by atoms with Gasteiger partial charge in [0.25, 0.3) is 0 Å². The minimum absolute atomic E-state index is 0.641. The maximum Gasteiger partial charge on any atom is 0.114 e. The third kappa shape index (κ3) is 2.60. The fourth-order valence-corrected chi connectivity index (χ4v) is 3.37.